The van der Waals surface area contributed by atoms with E-state index in [0.717, 1.165) is 221 Å². The SMILES string of the molecule is CC(C)c1ccc(C2CCNCC2)c(-n2cccc2)c1.CC(C)c1ccc(C2CCNCC2)c(CC(=O)C2CC2)c1.CC(C)c1ccc(C2CCNCC2)c(CC(=O)N(C)C)c1.CC(C)c1ccc(C2CCNCC2)c(N2CCCC2=O)c1.CC(C)c1ccc(C2CCNCC2)c(NS(C)(=O)=O)c1.CC(C)c1ccc(C2CCNCC2)c(S(=O)(=O)NC2CCCC2)c1.CC(C)c1ccc(C2CCNCC2)c(S(C)(=O)=O)c1. The zero-order chi connectivity index (χ0) is 105. The molecule has 18 rings (SSSR count). The second-order valence-electron chi connectivity index (χ2n) is 45.6. The topological polar surface area (TPSA) is 273 Å². The number of nitrogens with zero attached hydrogens (tertiary/aromatic N) is 3. The normalized spacial score (nSPS) is 18.6. The number of piperidine rings is 7. The molecule has 2 aliphatic carbocycles. The highest BCUT2D eigenvalue weighted by Crippen LogP contribution is 2.43. The number of sulfonamides is 2. The second kappa shape index (κ2) is 56.2. The van der Waals surface area contributed by atoms with Crippen molar-refractivity contribution >= 4 is 58.9 Å². The minimum atomic E-state index is -3.45. The molecular weight excluding hydrogens is 1870 g/mol. The van der Waals surface area contributed by atoms with Gasteiger partial charge in [-0.05, 0) is 428 Å². The molecule has 10 aliphatic rings. The van der Waals surface area contributed by atoms with Gasteiger partial charge in [0.2, 0.25) is 31.9 Å². The van der Waals surface area contributed by atoms with Crippen LogP contribution in [0.1, 0.15) is 410 Å². The largest absolute Gasteiger partial charge is 0.349 e. The summed E-state index contributed by atoms with van der Waals surface area (Å²) in [7, 11) is -6.19. The molecule has 8 aromatic rings. The summed E-state index contributed by atoms with van der Waals surface area (Å²) < 4.78 is 81.4. The van der Waals surface area contributed by atoms with E-state index in [4.69, 9.17) is 0 Å². The molecule has 1 aromatic heterocycles. The van der Waals surface area contributed by atoms with Crippen molar-refractivity contribution in [2.45, 2.75) is 350 Å². The molecular formula is C122H182N12O9S3. The number of amides is 2. The predicted molar refractivity (Wildman–Crippen MR) is 607 cm³/mol. The fourth-order valence-corrected chi connectivity index (χ4v) is 25.6. The Kier molecular flexibility index (Phi) is 44.8. The average molecular weight is 2060 g/mol. The number of carbonyl (C=O) groups is 3. The van der Waals surface area contributed by atoms with Gasteiger partial charge in [0.25, 0.3) is 0 Å². The van der Waals surface area contributed by atoms with Gasteiger partial charge in [0.05, 0.1) is 28.2 Å². The van der Waals surface area contributed by atoms with Gasteiger partial charge >= 0.3 is 0 Å². The lowest BCUT2D eigenvalue weighted by Gasteiger charge is -2.29. The van der Waals surface area contributed by atoms with Crippen LogP contribution in [0.5, 0.6) is 0 Å². The molecule has 21 nitrogen and oxygen atoms in total. The van der Waals surface area contributed by atoms with Crippen LogP contribution in [0.4, 0.5) is 11.4 Å². The molecule has 0 unspecified atom stereocenters. The minimum absolute atomic E-state index is 0.110. The van der Waals surface area contributed by atoms with E-state index < -0.39 is 29.9 Å². The van der Waals surface area contributed by atoms with Crippen LogP contribution in [0.2, 0.25) is 0 Å². The first-order valence-corrected chi connectivity index (χ1v) is 61.3. The van der Waals surface area contributed by atoms with Crippen molar-refractivity contribution in [1.29, 1.82) is 0 Å². The number of aromatic nitrogens is 1. The van der Waals surface area contributed by atoms with Gasteiger partial charge in [0, 0.05) is 75.5 Å². The fraction of sp³-hybridized carbons (Fsp3) is 0.598. The number of ketones is 1. The summed E-state index contributed by atoms with van der Waals surface area (Å²) in [6, 6.07) is 50.1. The number of anilines is 2. The molecule has 2 amide bonds. The predicted octanol–water partition coefficient (Wildman–Crippen LogP) is 23.0. The fourth-order valence-electron chi connectivity index (χ4n) is 22.4. The maximum absolute atomic E-state index is 13.1. The maximum Gasteiger partial charge on any atom is 0.241 e. The number of likely N-dealkylation sites (N-methyl/N-ethyl adjacent to an activating group) is 1. The molecule has 0 atom stereocenters. The van der Waals surface area contributed by atoms with Crippen LogP contribution in [0.15, 0.2) is 162 Å². The van der Waals surface area contributed by atoms with Gasteiger partial charge in [0.15, 0.2) is 9.84 Å². The summed E-state index contributed by atoms with van der Waals surface area (Å²) in [6.07, 6.45) is 31.9. The quantitative estimate of drug-likeness (QED) is 0.0231. The molecule has 146 heavy (non-hydrogen) atoms. The Balaban J connectivity index is 0.000000152. The highest BCUT2D eigenvalue weighted by molar-refractivity contribution is 7.92. The van der Waals surface area contributed by atoms with Gasteiger partial charge in [-0.15, -0.1) is 0 Å². The smallest absolute Gasteiger partial charge is 0.241 e. The van der Waals surface area contributed by atoms with Gasteiger partial charge in [0.1, 0.15) is 5.78 Å². The summed E-state index contributed by atoms with van der Waals surface area (Å²) in [5.41, 5.74) is 23.5. The molecule has 0 bridgehead atoms. The molecule has 8 aliphatic heterocycles. The van der Waals surface area contributed by atoms with Gasteiger partial charge in [-0.2, -0.15) is 0 Å². The van der Waals surface area contributed by atoms with Crippen LogP contribution in [-0.4, -0.2) is 183 Å². The minimum Gasteiger partial charge on any atom is -0.349 e. The first-order chi connectivity index (χ1) is 69.8. The molecule has 8 saturated heterocycles. The molecule has 24 heteroatoms. The number of hydrogen-bond acceptors (Lipinski definition) is 16. The third-order valence-corrected chi connectivity index (χ3v) is 35.2. The number of sulfone groups is 1. The van der Waals surface area contributed by atoms with Crippen LogP contribution in [0.3, 0.4) is 0 Å². The van der Waals surface area contributed by atoms with Gasteiger partial charge in [-0.25, -0.2) is 30.0 Å². The zero-order valence-electron chi connectivity index (χ0n) is 92.0. The first kappa shape index (κ1) is 116. The highest BCUT2D eigenvalue weighted by Gasteiger charge is 2.35. The highest BCUT2D eigenvalue weighted by atomic mass is 32.2. The monoisotopic (exact) mass is 2060 g/mol. The van der Waals surface area contributed by atoms with E-state index in [1.807, 2.05) is 43.3 Å². The third-order valence-electron chi connectivity index (χ3n) is 31.9. The van der Waals surface area contributed by atoms with Gasteiger partial charge in [-0.1, -0.05) is 207 Å². The van der Waals surface area contributed by atoms with Crippen LogP contribution >= 0.6 is 0 Å². The number of hydrogen-bond donors (Lipinski definition) is 9. The van der Waals surface area contributed by atoms with Crippen molar-refractivity contribution < 1.29 is 39.6 Å². The second-order valence-corrected chi connectivity index (χ2v) is 51.0. The number of carbonyl (C=O) groups excluding carboxylic acids is 3. The lowest BCUT2D eigenvalue weighted by molar-refractivity contribution is -0.128. The first-order valence-electron chi connectivity index (χ1n) is 56.1. The van der Waals surface area contributed by atoms with Gasteiger partial charge < -0.3 is 51.6 Å². The summed E-state index contributed by atoms with van der Waals surface area (Å²) in [5.74, 6) is 8.13. The summed E-state index contributed by atoms with van der Waals surface area (Å²) in [4.78, 5) is 41.4. The van der Waals surface area contributed by atoms with Crippen molar-refractivity contribution in [2.24, 2.45) is 5.92 Å². The van der Waals surface area contributed by atoms with Crippen molar-refractivity contribution in [3.63, 3.8) is 0 Å². The summed E-state index contributed by atoms with van der Waals surface area (Å²) in [6.45, 7) is 46.0. The Labute approximate surface area is 880 Å². The lowest BCUT2D eigenvalue weighted by Crippen LogP contribution is -2.34. The number of nitrogens with one attached hydrogen (secondary N) is 9. The van der Waals surface area contributed by atoms with E-state index in [1.165, 1.54) is 131 Å². The maximum atomic E-state index is 13.1. The molecule has 7 aromatic carbocycles. The average Bonchev–Trinajstić information content (AvgIpc) is 1.11. The van der Waals surface area contributed by atoms with Crippen LogP contribution in [0, 0.1) is 5.92 Å². The van der Waals surface area contributed by atoms with E-state index in [1.54, 1.807) is 4.90 Å². The standard InChI is InChI=1S/C19H30N2O2S.C19H27NO.C18H26N2O.C18H28N2O.C18H24N2.C15H24N2O2S.C15H23NO2S/c1-14(2)16-7-8-18(15-9-11-20-12-10-15)19(13-16)24(22,23)21-17-5-3-4-6-17;1-13(2)16-5-6-18(14-7-9-20-10-8-14)17(11-16)12-19(21)15-3-4-15;1-13(2)15-5-6-16(14-7-9-19-10-8-14)17(12-15)20-11-3-4-18(20)21;1-13(2)15-5-6-17(14-7-9-19-10-8-14)16(11-15)12-18(21)20(3)4;1-14(2)16-5-6-17(15-7-9-19-10-8-15)18(13-16)20-11-3-4-12-20;1-11(2)13-4-5-14(12-6-8-16-9-7-12)15(10-13)17-20(3,18)19;1-11(2)13-4-5-14(12-6-8-16-9-7-12)15(10-13)19(3,17)18/h7-8,13-15,17,20-21H,3-6,9-12H2,1-2H3;5-6,11,13-15,20H,3-4,7-10,12H2,1-2H3;5-6,12-14,19H,3-4,7-11H2,1-2H3;5-6,11,13-14,19H,7-10,12H2,1-4H3;3-6,11-15,19H,7-10H2,1-2H3;4-5,10-12,16-17H,6-9H2,1-3H3;4-5,10-12,16H,6-9H2,1-3H3. The van der Waals surface area contributed by atoms with E-state index >= 15 is 0 Å². The third kappa shape index (κ3) is 34.4. The summed E-state index contributed by atoms with van der Waals surface area (Å²) >= 11 is 0. The Morgan fingerprint density at radius 3 is 1.02 bits per heavy atom. The van der Waals surface area contributed by atoms with Crippen molar-refractivity contribution in [3.8, 4) is 5.69 Å². The van der Waals surface area contributed by atoms with E-state index in [9.17, 15) is 39.6 Å². The van der Waals surface area contributed by atoms with Crippen molar-refractivity contribution in [2.75, 3.05) is 134 Å². The molecule has 0 radical (unpaired) electrons. The van der Waals surface area contributed by atoms with E-state index in [2.05, 4.69) is 276 Å². The molecule has 9 N–H and O–H groups in total. The van der Waals surface area contributed by atoms with Crippen LogP contribution < -0.4 is 51.6 Å². The molecule has 2 saturated carbocycles. The van der Waals surface area contributed by atoms with Crippen molar-refractivity contribution in [3.05, 3.63) is 241 Å². The number of rotatable bonds is 27. The zero-order valence-corrected chi connectivity index (χ0v) is 94.4. The number of benzene rings is 7. The molecule has 802 valence electrons. The molecule has 0 spiro atoms. The van der Waals surface area contributed by atoms with Crippen LogP contribution in [-0.2, 0) is 57.1 Å². The molecule has 9 heterocycles. The Hall–Kier alpha value is -8.24. The van der Waals surface area contributed by atoms with E-state index in [0.29, 0.717) is 130 Å². The van der Waals surface area contributed by atoms with E-state index in [-0.39, 0.29) is 11.9 Å². The van der Waals surface area contributed by atoms with Gasteiger partial charge in [-0.3, -0.25) is 19.1 Å². The van der Waals surface area contributed by atoms with Crippen LogP contribution in [0.25, 0.3) is 5.69 Å². The molecule has 10 fully saturated rings. The Bertz CT molecular complexity index is 5730. The number of Topliss-reactive ketones (excluding diaryl/α,β-unsaturated/α-hetero) is 1. The Morgan fingerprint density at radius 2 is 0.664 bits per heavy atom. The summed E-state index contributed by atoms with van der Waals surface area (Å²) in [5, 5.41) is 23.8. The van der Waals surface area contributed by atoms with Crippen molar-refractivity contribution in [1.82, 2.24) is 51.4 Å². The Morgan fingerprint density at radius 1 is 0.356 bits per heavy atom. The lowest BCUT2D eigenvalue weighted by atomic mass is 9.83.